The van der Waals surface area contributed by atoms with E-state index in [-0.39, 0.29) is 32.1 Å². The van der Waals surface area contributed by atoms with Crippen LogP contribution < -0.4 is 27.0 Å². The number of hydrogen-bond donors (Lipinski definition) is 6. The molecule has 12 nitrogen and oxygen atoms in total. The van der Waals surface area contributed by atoms with Crippen molar-refractivity contribution in [2.75, 3.05) is 11.9 Å². The number of ether oxygens (including phenoxy) is 2. The van der Waals surface area contributed by atoms with Gasteiger partial charge in [-0.25, -0.2) is 9.59 Å². The molecule has 0 aliphatic heterocycles. The third kappa shape index (κ3) is 13.4. The van der Waals surface area contributed by atoms with Crippen LogP contribution in [0.15, 0.2) is 54.6 Å². The molecule has 0 spiro atoms. The Bertz CT molecular complexity index is 1240. The summed E-state index contributed by atoms with van der Waals surface area (Å²) in [5.74, 6) is -1.97. The molecule has 0 saturated heterocycles. The molecule has 0 radical (unpaired) electrons. The van der Waals surface area contributed by atoms with Crippen molar-refractivity contribution < 1.29 is 28.7 Å². The molecular formula is C28H35Cl3N6O6. The van der Waals surface area contributed by atoms with Crippen molar-refractivity contribution >= 4 is 70.3 Å². The molecule has 0 heterocycles. The van der Waals surface area contributed by atoms with Crippen molar-refractivity contribution in [2.24, 2.45) is 11.7 Å². The van der Waals surface area contributed by atoms with Crippen LogP contribution in [0, 0.1) is 11.3 Å². The van der Waals surface area contributed by atoms with Crippen molar-refractivity contribution in [1.29, 1.82) is 5.41 Å². The number of anilines is 1. The molecule has 7 N–H and O–H groups in total. The molecule has 2 aromatic rings. The van der Waals surface area contributed by atoms with Crippen LogP contribution in [0.25, 0.3) is 0 Å². The van der Waals surface area contributed by atoms with Crippen molar-refractivity contribution in [3.8, 4) is 0 Å². The Morgan fingerprint density at radius 3 is 2.07 bits per heavy atom. The van der Waals surface area contributed by atoms with E-state index in [4.69, 9.17) is 55.4 Å². The van der Waals surface area contributed by atoms with Gasteiger partial charge in [0.05, 0.1) is 0 Å². The summed E-state index contributed by atoms with van der Waals surface area (Å²) in [5.41, 5.74) is 6.96. The molecule has 0 aromatic heterocycles. The first-order chi connectivity index (χ1) is 20.3. The van der Waals surface area contributed by atoms with E-state index in [1.165, 1.54) is 0 Å². The maximum atomic E-state index is 13.2. The van der Waals surface area contributed by atoms with Gasteiger partial charge in [0.2, 0.25) is 17.7 Å². The van der Waals surface area contributed by atoms with Gasteiger partial charge in [0.1, 0.15) is 25.3 Å². The summed E-state index contributed by atoms with van der Waals surface area (Å²) < 4.78 is 8.42. The molecule has 0 unspecified atom stereocenters. The Kier molecular flexibility index (Phi) is 14.3. The van der Waals surface area contributed by atoms with Crippen LogP contribution >= 0.6 is 34.8 Å². The first-order valence-electron chi connectivity index (χ1n) is 13.3. The van der Waals surface area contributed by atoms with Crippen molar-refractivity contribution in [3.05, 3.63) is 65.7 Å². The topological polar surface area (TPSA) is 185 Å². The number of carbonyl (C=O) groups excluding carboxylic acids is 4. The van der Waals surface area contributed by atoms with Gasteiger partial charge >= 0.3 is 12.1 Å². The van der Waals surface area contributed by atoms with Crippen LogP contribution in [0.1, 0.15) is 37.8 Å². The average molecular weight is 658 g/mol. The van der Waals surface area contributed by atoms with E-state index in [0.717, 1.165) is 5.56 Å². The first-order valence-corrected chi connectivity index (χ1v) is 14.4. The van der Waals surface area contributed by atoms with E-state index in [1.54, 1.807) is 50.2 Å². The van der Waals surface area contributed by atoms with Gasteiger partial charge in [-0.2, -0.15) is 0 Å². The van der Waals surface area contributed by atoms with Crippen molar-refractivity contribution in [2.45, 2.75) is 55.8 Å². The minimum atomic E-state index is -1.98. The summed E-state index contributed by atoms with van der Waals surface area (Å²) in [5, 5.41) is 18.0. The number of amides is 5. The number of urea groups is 1. The molecule has 15 heteroatoms. The summed E-state index contributed by atoms with van der Waals surface area (Å²) in [6.45, 7) is 3.66. The fourth-order valence-corrected chi connectivity index (χ4v) is 3.79. The predicted octanol–water partition coefficient (Wildman–Crippen LogP) is 4.37. The summed E-state index contributed by atoms with van der Waals surface area (Å²) in [7, 11) is 0. The minimum absolute atomic E-state index is 0.0252. The maximum absolute atomic E-state index is 13.2. The number of alkyl halides is 3. The summed E-state index contributed by atoms with van der Waals surface area (Å²) in [4.78, 5) is 49.9. The predicted molar refractivity (Wildman–Crippen MR) is 165 cm³/mol. The highest BCUT2D eigenvalue weighted by Gasteiger charge is 2.30. The van der Waals surface area contributed by atoms with E-state index < -0.39 is 45.7 Å². The fraction of sp³-hybridized carbons (Fsp3) is 0.393. The number of primary amides is 1. The molecule has 0 bridgehead atoms. The van der Waals surface area contributed by atoms with Gasteiger partial charge in [0, 0.05) is 12.2 Å². The lowest BCUT2D eigenvalue weighted by Gasteiger charge is -2.25. The molecule has 2 aromatic carbocycles. The number of nitrogens with one attached hydrogen (secondary N) is 5. The minimum Gasteiger partial charge on any atom is -0.473 e. The van der Waals surface area contributed by atoms with Crippen LogP contribution in [-0.4, -0.2) is 52.3 Å². The first kappa shape index (κ1) is 35.5. The van der Waals surface area contributed by atoms with Crippen LogP contribution in [0.2, 0.25) is 0 Å². The Morgan fingerprint density at radius 2 is 1.49 bits per heavy atom. The van der Waals surface area contributed by atoms with Gasteiger partial charge < -0.3 is 36.5 Å². The molecule has 2 atom stereocenters. The summed E-state index contributed by atoms with van der Waals surface area (Å²) in [6, 6.07) is 12.8. The summed E-state index contributed by atoms with van der Waals surface area (Å²) in [6.07, 6.45) is -0.296. The van der Waals surface area contributed by atoms with Gasteiger partial charge in [0.25, 0.3) is 3.79 Å². The maximum Gasteiger partial charge on any atom is 0.408 e. The number of alkyl carbamates (subject to hydrolysis) is 1. The zero-order valence-electron chi connectivity index (χ0n) is 23.6. The van der Waals surface area contributed by atoms with Gasteiger partial charge in [0.15, 0.2) is 0 Å². The molecule has 234 valence electrons. The molecular weight excluding hydrogens is 623 g/mol. The second-order valence-corrected chi connectivity index (χ2v) is 12.0. The number of carbonyl (C=O) groups is 4. The molecule has 0 fully saturated rings. The Balaban J connectivity index is 2.04. The second kappa shape index (κ2) is 17.4. The van der Waals surface area contributed by atoms with E-state index in [2.05, 4.69) is 21.3 Å². The van der Waals surface area contributed by atoms with Gasteiger partial charge in [-0.1, -0.05) is 91.1 Å². The smallest absolute Gasteiger partial charge is 0.408 e. The van der Waals surface area contributed by atoms with Crippen LogP contribution in [-0.2, 0) is 32.3 Å². The summed E-state index contributed by atoms with van der Waals surface area (Å²) >= 11 is 16.8. The number of halogens is 3. The largest absolute Gasteiger partial charge is 0.473 e. The normalized spacial score (nSPS) is 12.4. The highest BCUT2D eigenvalue weighted by Crippen LogP contribution is 2.28. The average Bonchev–Trinajstić information content (AvgIpc) is 2.95. The number of hydrogen-bond acceptors (Lipinski definition) is 7. The fourth-order valence-electron chi connectivity index (χ4n) is 3.63. The lowest BCUT2D eigenvalue weighted by molar-refractivity contribution is -0.128. The highest BCUT2D eigenvalue weighted by atomic mass is 35.6. The number of benzene rings is 2. The Morgan fingerprint density at radius 1 is 0.884 bits per heavy atom. The van der Waals surface area contributed by atoms with Crippen molar-refractivity contribution in [3.63, 3.8) is 0 Å². The van der Waals surface area contributed by atoms with Crippen LogP contribution in [0.4, 0.5) is 15.3 Å². The SMILES string of the molecule is CC(C)[C@H](NC(=O)OCc1ccccc1)C(=O)N[C@@H](CCCNC(N)=O)C(=O)Nc1ccc(COC(=N)C(Cl)(Cl)Cl)cc1. The monoisotopic (exact) mass is 656 g/mol. The van der Waals surface area contributed by atoms with E-state index >= 15 is 0 Å². The van der Waals surface area contributed by atoms with Crippen LogP contribution in [0.5, 0.6) is 0 Å². The third-order valence-corrected chi connectivity index (χ3v) is 6.41. The van der Waals surface area contributed by atoms with E-state index in [0.29, 0.717) is 17.7 Å². The lowest BCUT2D eigenvalue weighted by atomic mass is 10.0. The number of rotatable bonds is 14. The molecule has 5 amide bonds. The Hall–Kier alpha value is -3.74. The second-order valence-electron chi connectivity index (χ2n) is 9.72. The lowest BCUT2D eigenvalue weighted by Crippen LogP contribution is -2.54. The third-order valence-electron chi connectivity index (χ3n) is 5.90. The van der Waals surface area contributed by atoms with E-state index in [9.17, 15) is 19.2 Å². The highest BCUT2D eigenvalue weighted by molar-refractivity contribution is 6.76. The zero-order valence-corrected chi connectivity index (χ0v) is 25.9. The molecule has 0 saturated carbocycles. The van der Waals surface area contributed by atoms with Crippen molar-refractivity contribution in [1.82, 2.24) is 16.0 Å². The quantitative estimate of drug-likeness (QED) is 0.0758. The molecule has 0 aliphatic carbocycles. The number of nitrogens with two attached hydrogens (primary N) is 1. The van der Waals surface area contributed by atoms with Gasteiger partial charge in [-0.3, -0.25) is 15.0 Å². The molecule has 2 rings (SSSR count). The molecule has 43 heavy (non-hydrogen) atoms. The molecule has 0 aliphatic rings. The van der Waals surface area contributed by atoms with E-state index in [1.807, 2.05) is 18.2 Å². The van der Waals surface area contributed by atoms with Gasteiger partial charge in [-0.05, 0) is 42.0 Å². The zero-order chi connectivity index (χ0) is 32.0. The van der Waals surface area contributed by atoms with Crippen LogP contribution in [0.3, 0.4) is 0 Å². The Labute approximate surface area is 264 Å². The van der Waals surface area contributed by atoms with Gasteiger partial charge in [-0.15, -0.1) is 0 Å². The standard InChI is InChI=1S/C28H35Cl3N6O6/c1-17(2)22(37-27(41)43-16-18-7-4-3-5-8-18)24(39)36-21(9-6-14-34-26(33)40)23(38)35-20-12-10-19(11-13-20)15-42-25(32)28(29,30)31/h3-5,7-8,10-13,17,21-22,32H,6,9,14-16H2,1-2H3,(H,35,38)(H,36,39)(H,37,41)(H3,33,34,40)/t21-,22-/m0/s1.